The molecule has 0 aliphatic rings. The first-order valence-electron chi connectivity index (χ1n) is 10.2. The van der Waals surface area contributed by atoms with Crippen LogP contribution >= 0.6 is 0 Å². The molecule has 0 saturated heterocycles. The lowest BCUT2D eigenvalue weighted by Crippen LogP contribution is -2.31. The molecule has 168 valence electrons. The minimum absolute atomic E-state index is 0.0375. The fraction of sp³-hybridized carbons (Fsp3) is 0.160. The molecular formula is C25H22FN3O4. The van der Waals surface area contributed by atoms with Gasteiger partial charge in [0.2, 0.25) is 0 Å². The van der Waals surface area contributed by atoms with Gasteiger partial charge in [-0.3, -0.25) is 9.59 Å². The highest BCUT2D eigenvalue weighted by Gasteiger charge is 2.20. The summed E-state index contributed by atoms with van der Waals surface area (Å²) >= 11 is 0. The van der Waals surface area contributed by atoms with E-state index in [1.165, 1.54) is 31.3 Å². The number of para-hydroxylation sites is 1. The van der Waals surface area contributed by atoms with Crippen molar-refractivity contribution in [3.8, 4) is 11.5 Å². The molecule has 0 unspecified atom stereocenters. The smallest absolute Gasteiger partial charge is 0.258 e. The number of methoxy groups -OCH3 is 2. The van der Waals surface area contributed by atoms with E-state index in [0.29, 0.717) is 33.8 Å². The first kappa shape index (κ1) is 22.0. The fourth-order valence-corrected chi connectivity index (χ4v) is 3.51. The van der Waals surface area contributed by atoms with Gasteiger partial charge in [-0.2, -0.15) is 0 Å². The molecule has 1 heterocycles. The van der Waals surface area contributed by atoms with Gasteiger partial charge in [0.25, 0.3) is 11.5 Å². The van der Waals surface area contributed by atoms with Crippen molar-refractivity contribution in [2.45, 2.75) is 13.1 Å². The maximum Gasteiger partial charge on any atom is 0.258 e. The molecule has 7 nitrogen and oxygen atoms in total. The molecule has 1 amide bonds. The van der Waals surface area contributed by atoms with Crippen LogP contribution in [0.5, 0.6) is 11.5 Å². The van der Waals surface area contributed by atoms with Crippen LogP contribution in [0.3, 0.4) is 0 Å². The van der Waals surface area contributed by atoms with Crippen LogP contribution in [0.2, 0.25) is 0 Å². The lowest BCUT2D eigenvalue weighted by Gasteiger charge is -2.23. The highest BCUT2D eigenvalue weighted by Crippen LogP contribution is 2.24. The van der Waals surface area contributed by atoms with Crippen LogP contribution in [0.1, 0.15) is 21.7 Å². The quantitative estimate of drug-likeness (QED) is 0.464. The van der Waals surface area contributed by atoms with E-state index in [2.05, 4.69) is 9.97 Å². The number of ether oxygens (including phenoxy) is 2. The molecule has 3 aromatic carbocycles. The van der Waals surface area contributed by atoms with Crippen molar-refractivity contribution in [2.75, 3.05) is 14.2 Å². The van der Waals surface area contributed by atoms with Crippen LogP contribution in [0.15, 0.2) is 71.5 Å². The molecule has 0 fully saturated rings. The lowest BCUT2D eigenvalue weighted by atomic mass is 10.1. The molecule has 1 N–H and O–H groups in total. The summed E-state index contributed by atoms with van der Waals surface area (Å²) in [5, 5.41) is 0.468. The van der Waals surface area contributed by atoms with Crippen molar-refractivity contribution in [1.29, 1.82) is 0 Å². The second-order valence-electron chi connectivity index (χ2n) is 7.42. The topological polar surface area (TPSA) is 84.5 Å². The van der Waals surface area contributed by atoms with Gasteiger partial charge in [0.15, 0.2) is 0 Å². The predicted octanol–water partition coefficient (Wildman–Crippen LogP) is 3.92. The average molecular weight is 447 g/mol. The van der Waals surface area contributed by atoms with Crippen LogP contribution in [-0.4, -0.2) is 35.0 Å². The van der Waals surface area contributed by atoms with E-state index in [9.17, 15) is 14.0 Å². The summed E-state index contributed by atoms with van der Waals surface area (Å²) in [4.78, 5) is 34.8. The van der Waals surface area contributed by atoms with Gasteiger partial charge in [-0.1, -0.05) is 24.3 Å². The second kappa shape index (κ2) is 9.52. The molecule has 33 heavy (non-hydrogen) atoms. The van der Waals surface area contributed by atoms with Gasteiger partial charge in [-0.25, -0.2) is 9.37 Å². The zero-order valence-electron chi connectivity index (χ0n) is 18.2. The minimum atomic E-state index is -0.366. The number of rotatable bonds is 7. The lowest BCUT2D eigenvalue weighted by molar-refractivity contribution is 0.0724. The fourth-order valence-electron chi connectivity index (χ4n) is 3.51. The van der Waals surface area contributed by atoms with Gasteiger partial charge in [-0.15, -0.1) is 0 Å². The maximum absolute atomic E-state index is 13.5. The Labute approximate surface area is 189 Å². The Bertz CT molecular complexity index is 1330. The molecule has 4 rings (SSSR count). The zero-order chi connectivity index (χ0) is 23.4. The molecule has 4 aromatic rings. The first-order chi connectivity index (χ1) is 16.0. The number of halogens is 1. The van der Waals surface area contributed by atoms with E-state index in [-0.39, 0.29) is 30.4 Å². The number of carbonyl (C=O) groups is 1. The first-order valence-corrected chi connectivity index (χ1v) is 10.2. The third-order valence-electron chi connectivity index (χ3n) is 5.17. The second-order valence-corrected chi connectivity index (χ2v) is 7.42. The van der Waals surface area contributed by atoms with Crippen molar-refractivity contribution < 1.29 is 18.7 Å². The summed E-state index contributed by atoms with van der Waals surface area (Å²) < 4.78 is 24.0. The van der Waals surface area contributed by atoms with Gasteiger partial charge in [0.1, 0.15) is 23.1 Å². The highest BCUT2D eigenvalue weighted by molar-refractivity contribution is 5.95. The highest BCUT2D eigenvalue weighted by atomic mass is 19.1. The van der Waals surface area contributed by atoms with Gasteiger partial charge < -0.3 is 19.4 Å². The van der Waals surface area contributed by atoms with Crippen LogP contribution in [0, 0.1) is 5.82 Å². The molecule has 0 bridgehead atoms. The standard InChI is InChI=1S/C25H22FN3O4/c1-32-19-11-17(12-20(13-19)33-2)25(31)29(14-16-7-9-18(26)10-8-16)15-23-27-22-6-4-3-5-21(22)24(30)28-23/h3-13H,14-15H2,1-2H3,(H,27,28,30). The number of carbonyl (C=O) groups excluding carboxylic acids is 1. The summed E-state index contributed by atoms with van der Waals surface area (Å²) in [5.74, 6) is 0.583. The van der Waals surface area contributed by atoms with E-state index in [1.807, 2.05) is 0 Å². The molecular weight excluding hydrogens is 425 g/mol. The average Bonchev–Trinajstić information content (AvgIpc) is 2.84. The molecule has 8 heteroatoms. The predicted molar refractivity (Wildman–Crippen MR) is 122 cm³/mol. The van der Waals surface area contributed by atoms with Crippen molar-refractivity contribution in [2.24, 2.45) is 0 Å². The van der Waals surface area contributed by atoms with Crippen molar-refractivity contribution >= 4 is 16.8 Å². The largest absolute Gasteiger partial charge is 0.497 e. The number of nitrogens with zero attached hydrogens (tertiary/aromatic N) is 2. The Morgan fingerprint density at radius 3 is 2.30 bits per heavy atom. The Morgan fingerprint density at radius 2 is 1.64 bits per heavy atom. The van der Waals surface area contributed by atoms with E-state index >= 15 is 0 Å². The van der Waals surface area contributed by atoms with Crippen LogP contribution in [0.25, 0.3) is 10.9 Å². The van der Waals surface area contributed by atoms with Crippen molar-refractivity contribution in [3.63, 3.8) is 0 Å². The maximum atomic E-state index is 13.5. The van der Waals surface area contributed by atoms with Crippen LogP contribution in [0.4, 0.5) is 4.39 Å². The zero-order valence-corrected chi connectivity index (χ0v) is 18.2. The van der Waals surface area contributed by atoms with E-state index < -0.39 is 0 Å². The number of amides is 1. The summed E-state index contributed by atoms with van der Waals surface area (Å²) in [6.45, 7) is 0.213. The SMILES string of the molecule is COc1cc(OC)cc(C(=O)N(Cc2ccc(F)cc2)Cc2nc3ccccc3c(=O)[nH]2)c1. The molecule has 0 aliphatic carbocycles. The van der Waals surface area contributed by atoms with E-state index in [4.69, 9.17) is 9.47 Å². The minimum Gasteiger partial charge on any atom is -0.497 e. The molecule has 0 radical (unpaired) electrons. The Hall–Kier alpha value is -4.20. The molecule has 1 aromatic heterocycles. The molecule has 0 atom stereocenters. The van der Waals surface area contributed by atoms with Gasteiger partial charge >= 0.3 is 0 Å². The molecule has 0 aliphatic heterocycles. The number of aromatic amines is 1. The number of H-pyrrole nitrogens is 1. The normalized spacial score (nSPS) is 10.8. The summed E-state index contributed by atoms with van der Waals surface area (Å²) in [6, 6.07) is 17.8. The Balaban J connectivity index is 1.72. The third-order valence-corrected chi connectivity index (χ3v) is 5.17. The summed E-state index contributed by atoms with van der Waals surface area (Å²) in [6.07, 6.45) is 0. The number of benzene rings is 3. The number of aromatic nitrogens is 2. The number of nitrogens with one attached hydrogen (secondary N) is 1. The van der Waals surface area contributed by atoms with E-state index in [0.717, 1.165) is 5.56 Å². The Morgan fingerprint density at radius 1 is 0.970 bits per heavy atom. The summed E-state index contributed by atoms with van der Waals surface area (Å²) in [7, 11) is 3.01. The third kappa shape index (κ3) is 5.01. The molecule has 0 spiro atoms. The van der Waals surface area contributed by atoms with Gasteiger partial charge in [-0.05, 0) is 42.0 Å². The number of hydrogen-bond donors (Lipinski definition) is 1. The van der Waals surface area contributed by atoms with Gasteiger partial charge in [0.05, 0.1) is 31.7 Å². The monoisotopic (exact) mass is 447 g/mol. The van der Waals surface area contributed by atoms with E-state index in [1.54, 1.807) is 54.6 Å². The Kier molecular flexibility index (Phi) is 6.35. The van der Waals surface area contributed by atoms with Crippen LogP contribution in [-0.2, 0) is 13.1 Å². The number of hydrogen-bond acceptors (Lipinski definition) is 5. The molecule has 0 saturated carbocycles. The van der Waals surface area contributed by atoms with Crippen LogP contribution < -0.4 is 15.0 Å². The van der Waals surface area contributed by atoms with Gasteiger partial charge in [0, 0.05) is 18.2 Å². The summed E-state index contributed by atoms with van der Waals surface area (Å²) in [5.41, 5.74) is 1.32. The number of fused-ring (bicyclic) bond motifs is 1. The van der Waals surface area contributed by atoms with Crippen molar-refractivity contribution in [1.82, 2.24) is 14.9 Å². The van der Waals surface area contributed by atoms with Crippen molar-refractivity contribution in [3.05, 3.63) is 99.9 Å².